The highest BCUT2D eigenvalue weighted by Gasteiger charge is 2.20. The van der Waals surface area contributed by atoms with Crippen LogP contribution in [-0.2, 0) is 4.74 Å². The van der Waals surface area contributed by atoms with Gasteiger partial charge in [0.05, 0.1) is 6.04 Å². The zero-order valence-corrected chi connectivity index (χ0v) is 4.94. The van der Waals surface area contributed by atoms with Gasteiger partial charge in [-0.1, -0.05) is 0 Å². The van der Waals surface area contributed by atoms with E-state index in [9.17, 15) is 4.79 Å². The first kappa shape index (κ1) is 5.69. The van der Waals surface area contributed by atoms with Crippen LogP contribution in [0.15, 0.2) is 0 Å². The molecular formula is C4H6ClNO2. The number of nitrogens with one attached hydrogen (secondary N) is 1. The fraction of sp³-hybridized carbons (Fsp3) is 0.750. The van der Waals surface area contributed by atoms with Gasteiger partial charge in [-0.05, 0) is 0 Å². The quantitative estimate of drug-likeness (QED) is 0.527. The van der Waals surface area contributed by atoms with Crippen LogP contribution in [0.5, 0.6) is 0 Å². The lowest BCUT2D eigenvalue weighted by atomic mass is 10.4. The van der Waals surface area contributed by atoms with E-state index in [1.54, 1.807) is 0 Å². The number of alkyl carbamates (subject to hydrolysis) is 1. The number of halogens is 1. The maximum absolute atomic E-state index is 10.2. The lowest BCUT2D eigenvalue weighted by Gasteiger charge is -1.96. The summed E-state index contributed by atoms with van der Waals surface area (Å²) in [5, 5.41) is 2.51. The molecule has 1 aliphatic heterocycles. The van der Waals surface area contributed by atoms with Crippen LogP contribution in [0.2, 0.25) is 0 Å². The van der Waals surface area contributed by atoms with E-state index in [4.69, 9.17) is 11.6 Å². The van der Waals surface area contributed by atoms with Crippen LogP contribution in [0.1, 0.15) is 0 Å². The number of cyclic esters (lactones) is 1. The number of rotatable bonds is 1. The summed E-state index contributed by atoms with van der Waals surface area (Å²) in [4.78, 5) is 10.2. The first-order chi connectivity index (χ1) is 3.83. The van der Waals surface area contributed by atoms with Crippen molar-refractivity contribution in [1.29, 1.82) is 0 Å². The third-order valence-corrected chi connectivity index (χ3v) is 1.30. The molecule has 0 spiro atoms. The standard InChI is InChI=1S/C4H6ClNO2/c5-1-3-2-8-4(7)6-3/h3H,1-2H2,(H,6,7)/t3-/m1/s1. The highest BCUT2D eigenvalue weighted by atomic mass is 35.5. The van der Waals surface area contributed by atoms with Gasteiger partial charge in [-0.15, -0.1) is 11.6 Å². The summed E-state index contributed by atoms with van der Waals surface area (Å²) in [5.41, 5.74) is 0. The molecule has 1 saturated heterocycles. The first-order valence-corrected chi connectivity index (χ1v) is 2.85. The molecule has 3 nitrogen and oxygen atoms in total. The Labute approximate surface area is 52.0 Å². The Morgan fingerprint density at radius 2 is 2.75 bits per heavy atom. The van der Waals surface area contributed by atoms with Crippen LogP contribution in [0, 0.1) is 0 Å². The average molecular weight is 136 g/mol. The van der Waals surface area contributed by atoms with Crippen molar-refractivity contribution in [3.63, 3.8) is 0 Å². The van der Waals surface area contributed by atoms with Crippen molar-refractivity contribution in [1.82, 2.24) is 5.32 Å². The largest absolute Gasteiger partial charge is 0.447 e. The second-order valence-corrected chi connectivity index (χ2v) is 1.90. The maximum Gasteiger partial charge on any atom is 0.407 e. The molecule has 1 atom stereocenters. The SMILES string of the molecule is O=C1N[C@H](CCl)CO1. The molecule has 46 valence electrons. The van der Waals surface area contributed by atoms with Gasteiger partial charge in [-0.3, -0.25) is 0 Å². The average Bonchev–Trinajstić information content (AvgIpc) is 2.14. The van der Waals surface area contributed by atoms with Crippen molar-refractivity contribution in [2.45, 2.75) is 6.04 Å². The van der Waals surface area contributed by atoms with Crippen LogP contribution in [0.3, 0.4) is 0 Å². The van der Waals surface area contributed by atoms with Gasteiger partial charge in [0.25, 0.3) is 0 Å². The van der Waals surface area contributed by atoms with E-state index in [-0.39, 0.29) is 12.1 Å². The molecule has 4 heteroatoms. The molecule has 8 heavy (non-hydrogen) atoms. The summed E-state index contributed by atoms with van der Waals surface area (Å²) < 4.78 is 4.52. The third kappa shape index (κ3) is 1.04. The van der Waals surface area contributed by atoms with Gasteiger partial charge >= 0.3 is 6.09 Å². The normalized spacial score (nSPS) is 27.1. The summed E-state index contributed by atoms with van der Waals surface area (Å²) in [6.07, 6.45) is -0.365. The van der Waals surface area contributed by atoms with Gasteiger partial charge in [0, 0.05) is 5.88 Å². The topological polar surface area (TPSA) is 38.3 Å². The molecule has 1 aliphatic rings. The van der Waals surface area contributed by atoms with Crippen molar-refractivity contribution in [3.8, 4) is 0 Å². The summed E-state index contributed by atoms with van der Waals surface area (Å²) in [5.74, 6) is 0.422. The Balaban J connectivity index is 2.32. The van der Waals surface area contributed by atoms with Crippen LogP contribution >= 0.6 is 11.6 Å². The van der Waals surface area contributed by atoms with Crippen molar-refractivity contribution in [2.75, 3.05) is 12.5 Å². The molecule has 0 aromatic rings. The number of hydrogen-bond donors (Lipinski definition) is 1. The summed E-state index contributed by atoms with van der Waals surface area (Å²) in [6, 6.07) is 0.0177. The third-order valence-electron chi connectivity index (χ3n) is 0.924. The van der Waals surface area contributed by atoms with Crippen molar-refractivity contribution >= 4 is 17.7 Å². The Bertz CT molecular complexity index is 106. The highest BCUT2D eigenvalue weighted by Crippen LogP contribution is 1.97. The summed E-state index contributed by atoms with van der Waals surface area (Å²) >= 11 is 5.38. The van der Waals surface area contributed by atoms with E-state index in [1.165, 1.54) is 0 Å². The van der Waals surface area contributed by atoms with E-state index in [2.05, 4.69) is 10.1 Å². The number of ether oxygens (including phenoxy) is 1. The van der Waals surface area contributed by atoms with Crippen LogP contribution < -0.4 is 5.32 Å². The number of hydrogen-bond acceptors (Lipinski definition) is 2. The van der Waals surface area contributed by atoms with Crippen molar-refractivity contribution < 1.29 is 9.53 Å². The number of amides is 1. The fourth-order valence-corrected chi connectivity index (χ4v) is 0.676. The smallest absolute Gasteiger partial charge is 0.407 e. The minimum absolute atomic E-state index is 0.0177. The monoisotopic (exact) mass is 135 g/mol. The Morgan fingerprint density at radius 1 is 2.00 bits per heavy atom. The molecule has 0 aromatic carbocycles. The van der Waals surface area contributed by atoms with E-state index in [1.807, 2.05) is 0 Å². The molecule has 0 bridgehead atoms. The van der Waals surface area contributed by atoms with E-state index in [0.29, 0.717) is 12.5 Å². The van der Waals surface area contributed by atoms with E-state index < -0.39 is 0 Å². The molecule has 1 fully saturated rings. The molecule has 1 heterocycles. The highest BCUT2D eigenvalue weighted by molar-refractivity contribution is 6.18. The van der Waals surface area contributed by atoms with Crippen molar-refractivity contribution in [3.05, 3.63) is 0 Å². The molecule has 0 aliphatic carbocycles. The lowest BCUT2D eigenvalue weighted by molar-refractivity contribution is 0.177. The fourth-order valence-electron chi connectivity index (χ4n) is 0.509. The second-order valence-electron chi connectivity index (χ2n) is 1.59. The van der Waals surface area contributed by atoms with E-state index >= 15 is 0 Å². The lowest BCUT2D eigenvalue weighted by Crippen LogP contribution is -2.27. The van der Waals surface area contributed by atoms with Gasteiger partial charge in [0.15, 0.2) is 0 Å². The Hall–Kier alpha value is -0.440. The van der Waals surface area contributed by atoms with Crippen molar-refractivity contribution in [2.24, 2.45) is 0 Å². The van der Waals surface area contributed by atoms with Crippen LogP contribution in [0.25, 0.3) is 0 Å². The molecule has 0 radical (unpaired) electrons. The first-order valence-electron chi connectivity index (χ1n) is 2.32. The van der Waals surface area contributed by atoms with Gasteiger partial charge in [0.2, 0.25) is 0 Å². The molecule has 1 N–H and O–H groups in total. The van der Waals surface area contributed by atoms with Gasteiger partial charge in [-0.25, -0.2) is 4.79 Å². The van der Waals surface area contributed by atoms with Gasteiger partial charge in [-0.2, -0.15) is 0 Å². The molecule has 1 rings (SSSR count). The minimum atomic E-state index is -0.365. The van der Waals surface area contributed by atoms with Gasteiger partial charge < -0.3 is 10.1 Å². The molecule has 0 unspecified atom stereocenters. The number of carbonyl (C=O) groups excluding carboxylic acids is 1. The summed E-state index contributed by atoms with van der Waals surface area (Å²) in [7, 11) is 0. The van der Waals surface area contributed by atoms with Gasteiger partial charge in [0.1, 0.15) is 6.61 Å². The Morgan fingerprint density at radius 3 is 3.00 bits per heavy atom. The number of carbonyl (C=O) groups is 1. The van der Waals surface area contributed by atoms with Crippen LogP contribution in [-0.4, -0.2) is 24.6 Å². The maximum atomic E-state index is 10.2. The molecule has 0 aromatic heterocycles. The molecular weight excluding hydrogens is 130 g/mol. The second kappa shape index (κ2) is 2.22. The predicted octanol–water partition coefficient (Wildman–Crippen LogP) is 0.334. The molecule has 0 saturated carbocycles. The van der Waals surface area contributed by atoms with Crippen LogP contribution in [0.4, 0.5) is 4.79 Å². The number of alkyl halides is 1. The zero-order chi connectivity index (χ0) is 5.98. The van der Waals surface area contributed by atoms with E-state index in [0.717, 1.165) is 0 Å². The molecule has 1 amide bonds. The summed E-state index contributed by atoms with van der Waals surface area (Å²) in [6.45, 7) is 0.405. The minimum Gasteiger partial charge on any atom is -0.447 e. The zero-order valence-electron chi connectivity index (χ0n) is 4.19. The predicted molar refractivity (Wildman–Crippen MR) is 29.0 cm³/mol. The Kier molecular flexibility index (Phi) is 1.58.